The van der Waals surface area contributed by atoms with Crippen LogP contribution >= 0.6 is 11.6 Å². The van der Waals surface area contributed by atoms with Gasteiger partial charge in [-0.15, -0.1) is 0 Å². The third-order valence-corrected chi connectivity index (χ3v) is 4.64. The quantitative estimate of drug-likeness (QED) is 0.871. The lowest BCUT2D eigenvalue weighted by Gasteiger charge is -2.47. The highest BCUT2D eigenvalue weighted by Crippen LogP contribution is 2.46. The van der Waals surface area contributed by atoms with Crippen LogP contribution < -0.4 is 10.6 Å². The summed E-state index contributed by atoms with van der Waals surface area (Å²) < 4.78 is 5.78. The fraction of sp³-hybridized carbons (Fsp3) is 0.500. The molecule has 2 aromatic rings. The number of anilines is 1. The maximum atomic E-state index is 6.01. The number of nitrogens with zero attached hydrogens (tertiary/aromatic N) is 2. The Bertz CT molecular complexity index is 633. The van der Waals surface area contributed by atoms with Gasteiger partial charge in [-0.2, -0.15) is 4.98 Å². The number of nitrogens with two attached hydrogens (primary N) is 1. The second-order valence-corrected chi connectivity index (χ2v) is 6.40. The Morgan fingerprint density at radius 1 is 1.42 bits per heavy atom. The van der Waals surface area contributed by atoms with Gasteiger partial charge in [0.15, 0.2) is 5.58 Å². The Labute approximate surface area is 116 Å². The van der Waals surface area contributed by atoms with Gasteiger partial charge in [0.05, 0.1) is 0 Å². The van der Waals surface area contributed by atoms with Crippen molar-refractivity contribution in [2.24, 2.45) is 11.1 Å². The predicted octanol–water partition coefficient (Wildman–Crippen LogP) is 2.80. The summed E-state index contributed by atoms with van der Waals surface area (Å²) in [5.41, 5.74) is 8.04. The number of halogens is 1. The van der Waals surface area contributed by atoms with Crippen LogP contribution in [0.2, 0.25) is 5.02 Å². The van der Waals surface area contributed by atoms with Crippen molar-refractivity contribution in [3.8, 4) is 0 Å². The van der Waals surface area contributed by atoms with Gasteiger partial charge in [-0.3, -0.25) is 0 Å². The lowest BCUT2D eigenvalue weighted by Crippen LogP contribution is -2.55. The van der Waals surface area contributed by atoms with Crippen LogP contribution in [0.15, 0.2) is 22.6 Å². The molecule has 0 radical (unpaired) electrons. The second kappa shape index (κ2) is 3.87. The summed E-state index contributed by atoms with van der Waals surface area (Å²) in [7, 11) is 0. The zero-order valence-electron chi connectivity index (χ0n) is 10.6. The summed E-state index contributed by atoms with van der Waals surface area (Å²) in [6.45, 7) is 2.03. The van der Waals surface area contributed by atoms with Crippen LogP contribution in [0.25, 0.3) is 11.1 Å². The predicted molar refractivity (Wildman–Crippen MR) is 75.5 cm³/mol. The average Bonchev–Trinajstić information content (AvgIpc) is 2.89. The summed E-state index contributed by atoms with van der Waals surface area (Å²) in [6, 6.07) is 6.62. The molecule has 4 nitrogen and oxygen atoms in total. The van der Waals surface area contributed by atoms with Crippen molar-refractivity contribution in [2.45, 2.75) is 25.3 Å². The topological polar surface area (TPSA) is 55.3 Å². The highest BCUT2D eigenvalue weighted by Gasteiger charge is 2.48. The number of hydrogen-bond acceptors (Lipinski definition) is 4. The number of oxazole rings is 1. The first kappa shape index (κ1) is 11.6. The smallest absolute Gasteiger partial charge is 0.298 e. The molecule has 1 atom stereocenters. The molecule has 1 aromatic carbocycles. The van der Waals surface area contributed by atoms with Crippen molar-refractivity contribution in [3.63, 3.8) is 0 Å². The van der Waals surface area contributed by atoms with Gasteiger partial charge in [-0.25, -0.2) is 0 Å². The first-order valence-corrected chi connectivity index (χ1v) is 7.08. The van der Waals surface area contributed by atoms with Crippen LogP contribution in [0.1, 0.15) is 19.3 Å². The van der Waals surface area contributed by atoms with Gasteiger partial charge in [0.25, 0.3) is 6.01 Å². The van der Waals surface area contributed by atoms with Gasteiger partial charge in [0, 0.05) is 29.6 Å². The molecular formula is C14H16ClN3O. The molecule has 1 aromatic heterocycles. The summed E-state index contributed by atoms with van der Waals surface area (Å²) >= 11 is 5.96. The van der Waals surface area contributed by atoms with Gasteiger partial charge in [0.1, 0.15) is 5.52 Å². The molecule has 2 N–H and O–H groups in total. The van der Waals surface area contributed by atoms with Crippen molar-refractivity contribution >= 4 is 28.7 Å². The molecule has 0 bridgehead atoms. The van der Waals surface area contributed by atoms with Crippen molar-refractivity contribution in [1.29, 1.82) is 0 Å². The minimum atomic E-state index is 0.379. The van der Waals surface area contributed by atoms with E-state index in [4.69, 9.17) is 21.8 Å². The van der Waals surface area contributed by atoms with E-state index in [1.165, 1.54) is 6.42 Å². The molecule has 2 aliphatic rings. The average molecular weight is 278 g/mol. The lowest BCUT2D eigenvalue weighted by atomic mass is 9.78. The van der Waals surface area contributed by atoms with E-state index >= 15 is 0 Å². The monoisotopic (exact) mass is 277 g/mol. The number of aromatic nitrogens is 1. The van der Waals surface area contributed by atoms with Gasteiger partial charge >= 0.3 is 0 Å². The largest absolute Gasteiger partial charge is 0.423 e. The van der Waals surface area contributed by atoms with Crippen LogP contribution in [0.4, 0.5) is 6.01 Å². The van der Waals surface area contributed by atoms with E-state index in [0.29, 0.717) is 22.5 Å². The SMILES string of the molecule is NC1CCC2(C1)CN(c1nc3cc(Cl)ccc3o1)C2. The van der Waals surface area contributed by atoms with Crippen LogP contribution in [-0.4, -0.2) is 24.1 Å². The van der Waals surface area contributed by atoms with Gasteiger partial charge in [-0.05, 0) is 37.5 Å². The molecule has 1 spiro atoms. The Balaban J connectivity index is 1.57. The first-order valence-electron chi connectivity index (χ1n) is 6.70. The van der Waals surface area contributed by atoms with E-state index < -0.39 is 0 Å². The molecule has 4 rings (SSSR count). The molecule has 1 aliphatic carbocycles. The Morgan fingerprint density at radius 2 is 2.26 bits per heavy atom. The van der Waals surface area contributed by atoms with Crippen molar-refractivity contribution < 1.29 is 4.42 Å². The van der Waals surface area contributed by atoms with Crippen LogP contribution in [0, 0.1) is 5.41 Å². The Hall–Kier alpha value is -1.26. The van der Waals surface area contributed by atoms with E-state index in [-0.39, 0.29) is 0 Å². The highest BCUT2D eigenvalue weighted by molar-refractivity contribution is 6.31. The Morgan fingerprint density at radius 3 is 3.00 bits per heavy atom. The molecule has 2 fully saturated rings. The third kappa shape index (κ3) is 1.82. The van der Waals surface area contributed by atoms with E-state index in [9.17, 15) is 0 Å². The minimum Gasteiger partial charge on any atom is -0.423 e. The third-order valence-electron chi connectivity index (χ3n) is 4.40. The highest BCUT2D eigenvalue weighted by atomic mass is 35.5. The fourth-order valence-corrected chi connectivity index (χ4v) is 3.63. The van der Waals surface area contributed by atoms with Crippen LogP contribution in [-0.2, 0) is 0 Å². The number of fused-ring (bicyclic) bond motifs is 1. The maximum absolute atomic E-state index is 6.01. The van der Waals surface area contributed by atoms with Crippen LogP contribution in [0.3, 0.4) is 0 Å². The minimum absolute atomic E-state index is 0.379. The molecule has 1 aliphatic heterocycles. The molecule has 0 amide bonds. The number of rotatable bonds is 1. The van der Waals surface area contributed by atoms with E-state index in [1.54, 1.807) is 0 Å². The van der Waals surface area contributed by atoms with E-state index in [2.05, 4.69) is 9.88 Å². The molecule has 5 heteroatoms. The molecular weight excluding hydrogens is 262 g/mol. The van der Waals surface area contributed by atoms with E-state index in [0.717, 1.165) is 37.0 Å². The normalized spacial score (nSPS) is 25.2. The summed E-state index contributed by atoms with van der Waals surface area (Å²) in [5.74, 6) is 0. The Kier molecular flexibility index (Phi) is 2.35. The summed E-state index contributed by atoms with van der Waals surface area (Å²) in [4.78, 5) is 6.71. The molecule has 1 saturated carbocycles. The van der Waals surface area contributed by atoms with Crippen LogP contribution in [0.5, 0.6) is 0 Å². The number of hydrogen-bond donors (Lipinski definition) is 1. The van der Waals surface area contributed by atoms with Gasteiger partial charge in [-0.1, -0.05) is 11.6 Å². The standard InChI is InChI=1S/C14H16ClN3O/c15-9-1-2-12-11(5-9)17-13(19-12)18-7-14(8-18)4-3-10(16)6-14/h1-2,5,10H,3-4,6-8,16H2. The molecule has 1 unspecified atom stereocenters. The van der Waals surface area contributed by atoms with E-state index in [1.807, 2.05) is 18.2 Å². The molecule has 100 valence electrons. The second-order valence-electron chi connectivity index (χ2n) is 5.97. The summed E-state index contributed by atoms with van der Waals surface area (Å²) in [5, 5.41) is 0.689. The van der Waals surface area contributed by atoms with Crippen molar-refractivity contribution in [3.05, 3.63) is 23.2 Å². The molecule has 1 saturated heterocycles. The lowest BCUT2D eigenvalue weighted by molar-refractivity contribution is 0.208. The molecule has 2 heterocycles. The van der Waals surface area contributed by atoms with Gasteiger partial charge in [0.2, 0.25) is 0 Å². The fourth-order valence-electron chi connectivity index (χ4n) is 3.46. The van der Waals surface area contributed by atoms with Crippen molar-refractivity contribution in [2.75, 3.05) is 18.0 Å². The summed E-state index contributed by atoms with van der Waals surface area (Å²) in [6.07, 6.45) is 3.52. The number of benzene rings is 1. The zero-order chi connectivity index (χ0) is 13.0. The molecule has 19 heavy (non-hydrogen) atoms. The van der Waals surface area contributed by atoms with Crippen molar-refractivity contribution in [1.82, 2.24) is 4.98 Å². The zero-order valence-corrected chi connectivity index (χ0v) is 11.4. The maximum Gasteiger partial charge on any atom is 0.298 e. The first-order chi connectivity index (χ1) is 9.13. The van der Waals surface area contributed by atoms with Gasteiger partial charge < -0.3 is 15.1 Å².